The molecule has 0 aromatic rings. The highest BCUT2D eigenvalue weighted by molar-refractivity contribution is 5.77. The minimum absolute atomic E-state index is 0.0969. The van der Waals surface area contributed by atoms with E-state index in [4.69, 9.17) is 5.11 Å². The first-order valence-corrected chi connectivity index (χ1v) is 5.86. The van der Waals surface area contributed by atoms with Gasteiger partial charge in [0.1, 0.15) is 0 Å². The molecule has 1 saturated heterocycles. The standard InChI is InChI=1S/C11H18N2O3/c1-7-2-3-9(7)12-11(16)13-5-4-8(6-13)10(14)15/h7-9H,2-6H2,1H3,(H,12,16)(H,14,15). The number of carboxylic acid groups (broad SMARTS) is 1. The van der Waals surface area contributed by atoms with Gasteiger partial charge < -0.3 is 15.3 Å². The van der Waals surface area contributed by atoms with Crippen LogP contribution in [0.25, 0.3) is 0 Å². The molecule has 3 unspecified atom stereocenters. The van der Waals surface area contributed by atoms with Gasteiger partial charge in [-0.05, 0) is 25.2 Å². The number of carbonyl (C=O) groups excluding carboxylic acids is 1. The lowest BCUT2D eigenvalue weighted by molar-refractivity contribution is -0.141. The molecule has 0 aromatic carbocycles. The molecule has 16 heavy (non-hydrogen) atoms. The van der Waals surface area contributed by atoms with Crippen LogP contribution in [0.5, 0.6) is 0 Å². The van der Waals surface area contributed by atoms with Crippen molar-refractivity contribution in [3.8, 4) is 0 Å². The number of carboxylic acids is 1. The third kappa shape index (κ3) is 2.13. The van der Waals surface area contributed by atoms with Gasteiger partial charge in [0.05, 0.1) is 5.92 Å². The second kappa shape index (κ2) is 4.31. The van der Waals surface area contributed by atoms with E-state index in [2.05, 4.69) is 12.2 Å². The zero-order valence-corrected chi connectivity index (χ0v) is 9.48. The van der Waals surface area contributed by atoms with Gasteiger partial charge in [0.25, 0.3) is 0 Å². The van der Waals surface area contributed by atoms with Crippen molar-refractivity contribution in [2.45, 2.75) is 32.2 Å². The molecule has 2 amide bonds. The van der Waals surface area contributed by atoms with E-state index >= 15 is 0 Å². The fraction of sp³-hybridized carbons (Fsp3) is 0.818. The molecule has 5 nitrogen and oxygen atoms in total. The highest BCUT2D eigenvalue weighted by atomic mass is 16.4. The lowest BCUT2D eigenvalue weighted by Crippen LogP contribution is -2.50. The van der Waals surface area contributed by atoms with Gasteiger partial charge in [-0.25, -0.2) is 4.79 Å². The first kappa shape index (κ1) is 11.2. The molecule has 2 aliphatic rings. The van der Waals surface area contributed by atoms with Crippen molar-refractivity contribution in [3.05, 3.63) is 0 Å². The van der Waals surface area contributed by atoms with Crippen molar-refractivity contribution in [2.75, 3.05) is 13.1 Å². The van der Waals surface area contributed by atoms with Crippen LogP contribution in [0.1, 0.15) is 26.2 Å². The van der Waals surface area contributed by atoms with Gasteiger partial charge in [-0.3, -0.25) is 4.79 Å². The predicted molar refractivity (Wildman–Crippen MR) is 58.0 cm³/mol. The molecule has 1 aliphatic carbocycles. The van der Waals surface area contributed by atoms with Crippen LogP contribution in [-0.4, -0.2) is 41.1 Å². The summed E-state index contributed by atoms with van der Waals surface area (Å²) in [5.74, 6) is -0.626. The third-order valence-electron chi connectivity index (χ3n) is 3.75. The number of nitrogens with one attached hydrogen (secondary N) is 1. The highest BCUT2D eigenvalue weighted by Crippen LogP contribution is 2.27. The van der Waals surface area contributed by atoms with Gasteiger partial charge >= 0.3 is 12.0 Å². The second-order valence-electron chi connectivity index (χ2n) is 4.88. The first-order chi connectivity index (χ1) is 7.58. The van der Waals surface area contributed by atoms with Crippen molar-refractivity contribution in [2.24, 2.45) is 11.8 Å². The van der Waals surface area contributed by atoms with Crippen LogP contribution in [0.4, 0.5) is 4.79 Å². The molecule has 1 aliphatic heterocycles. The summed E-state index contributed by atoms with van der Waals surface area (Å²) in [7, 11) is 0. The van der Waals surface area contributed by atoms with Crippen molar-refractivity contribution in [1.29, 1.82) is 0 Å². The first-order valence-electron chi connectivity index (χ1n) is 5.86. The summed E-state index contributed by atoms with van der Waals surface area (Å²) < 4.78 is 0. The largest absolute Gasteiger partial charge is 0.481 e. The molecular formula is C11H18N2O3. The molecule has 2 N–H and O–H groups in total. The van der Waals surface area contributed by atoms with Crippen LogP contribution in [0.15, 0.2) is 0 Å². The fourth-order valence-corrected chi connectivity index (χ4v) is 2.28. The molecule has 5 heteroatoms. The van der Waals surface area contributed by atoms with E-state index < -0.39 is 5.97 Å². The Morgan fingerprint density at radius 1 is 1.31 bits per heavy atom. The Morgan fingerprint density at radius 2 is 2.06 bits per heavy atom. The maximum atomic E-state index is 11.8. The van der Waals surface area contributed by atoms with Crippen LogP contribution >= 0.6 is 0 Å². The van der Waals surface area contributed by atoms with Crippen LogP contribution in [0.3, 0.4) is 0 Å². The summed E-state index contributed by atoms with van der Waals surface area (Å²) in [6.07, 6.45) is 2.79. The highest BCUT2D eigenvalue weighted by Gasteiger charge is 2.34. The molecule has 2 rings (SSSR count). The van der Waals surface area contributed by atoms with Gasteiger partial charge in [-0.2, -0.15) is 0 Å². The van der Waals surface area contributed by atoms with E-state index in [1.54, 1.807) is 4.90 Å². The van der Waals surface area contributed by atoms with Crippen molar-refractivity contribution < 1.29 is 14.7 Å². The summed E-state index contributed by atoms with van der Waals surface area (Å²) in [6.45, 7) is 3.03. The van der Waals surface area contributed by atoms with Crippen molar-refractivity contribution in [3.63, 3.8) is 0 Å². The second-order valence-corrected chi connectivity index (χ2v) is 4.88. The average Bonchev–Trinajstić information content (AvgIpc) is 2.72. The molecule has 90 valence electrons. The Labute approximate surface area is 94.8 Å². The predicted octanol–water partition coefficient (Wildman–Crippen LogP) is 0.901. The molecule has 2 fully saturated rings. The number of urea groups is 1. The van der Waals surface area contributed by atoms with Crippen LogP contribution in [-0.2, 0) is 4.79 Å². The van der Waals surface area contributed by atoms with Gasteiger partial charge in [-0.1, -0.05) is 6.92 Å². The number of aliphatic carboxylic acids is 1. The van der Waals surface area contributed by atoms with Gasteiger partial charge in [0.2, 0.25) is 0 Å². The normalized spacial score (nSPS) is 33.3. The number of hydrogen-bond acceptors (Lipinski definition) is 2. The molecule has 0 aromatic heterocycles. The van der Waals surface area contributed by atoms with Crippen LogP contribution in [0, 0.1) is 11.8 Å². The lowest BCUT2D eigenvalue weighted by atomic mass is 9.81. The quantitative estimate of drug-likeness (QED) is 0.735. The van der Waals surface area contributed by atoms with E-state index in [9.17, 15) is 9.59 Å². The maximum absolute atomic E-state index is 11.8. The number of rotatable bonds is 2. The van der Waals surface area contributed by atoms with E-state index in [-0.39, 0.29) is 18.0 Å². The monoisotopic (exact) mass is 226 g/mol. The Hall–Kier alpha value is -1.26. The molecule has 0 radical (unpaired) electrons. The number of hydrogen-bond donors (Lipinski definition) is 2. The summed E-state index contributed by atoms with van der Waals surface area (Å²) in [5, 5.41) is 11.8. The topological polar surface area (TPSA) is 69.6 Å². The molecule has 0 spiro atoms. The van der Waals surface area contributed by atoms with E-state index in [0.717, 1.165) is 6.42 Å². The molecule has 3 atom stereocenters. The zero-order valence-electron chi connectivity index (χ0n) is 9.48. The Bertz CT molecular complexity index is 306. The third-order valence-corrected chi connectivity index (χ3v) is 3.75. The molecule has 0 bridgehead atoms. The summed E-state index contributed by atoms with van der Waals surface area (Å²) in [6, 6.07) is 0.191. The SMILES string of the molecule is CC1CCC1NC(=O)N1CCC(C(=O)O)C1. The smallest absolute Gasteiger partial charge is 0.317 e. The number of nitrogens with zero attached hydrogens (tertiary/aromatic N) is 1. The van der Waals surface area contributed by atoms with E-state index in [0.29, 0.717) is 25.4 Å². The van der Waals surface area contributed by atoms with Gasteiger partial charge in [0.15, 0.2) is 0 Å². The van der Waals surface area contributed by atoms with E-state index in [1.165, 1.54) is 6.42 Å². The lowest BCUT2D eigenvalue weighted by Gasteiger charge is -2.35. The summed E-state index contributed by atoms with van der Waals surface area (Å²) in [4.78, 5) is 24.2. The van der Waals surface area contributed by atoms with Crippen molar-refractivity contribution >= 4 is 12.0 Å². The molecular weight excluding hydrogens is 208 g/mol. The fourth-order valence-electron chi connectivity index (χ4n) is 2.28. The van der Waals surface area contributed by atoms with Crippen LogP contribution < -0.4 is 5.32 Å². The van der Waals surface area contributed by atoms with Gasteiger partial charge in [0, 0.05) is 19.1 Å². The minimum Gasteiger partial charge on any atom is -0.481 e. The average molecular weight is 226 g/mol. The van der Waals surface area contributed by atoms with E-state index in [1.807, 2.05) is 0 Å². The maximum Gasteiger partial charge on any atom is 0.317 e. The molecule has 1 saturated carbocycles. The number of amides is 2. The number of likely N-dealkylation sites (tertiary alicyclic amines) is 1. The zero-order chi connectivity index (χ0) is 11.7. The summed E-state index contributed by atoms with van der Waals surface area (Å²) >= 11 is 0. The summed E-state index contributed by atoms with van der Waals surface area (Å²) in [5.41, 5.74) is 0. The molecule has 1 heterocycles. The number of carbonyl (C=O) groups is 2. The Balaban J connectivity index is 1.80. The van der Waals surface area contributed by atoms with Crippen molar-refractivity contribution in [1.82, 2.24) is 10.2 Å². The Morgan fingerprint density at radius 3 is 2.50 bits per heavy atom. The minimum atomic E-state index is -0.799. The van der Waals surface area contributed by atoms with Crippen LogP contribution in [0.2, 0.25) is 0 Å². The Kier molecular flexibility index (Phi) is 3.03. The van der Waals surface area contributed by atoms with Gasteiger partial charge in [-0.15, -0.1) is 0 Å².